The highest BCUT2D eigenvalue weighted by Gasteiger charge is 2.19. The Labute approximate surface area is 461 Å². The molecule has 0 rings (SSSR count). The Hall–Kier alpha value is -4.71. The van der Waals surface area contributed by atoms with E-state index in [1.807, 2.05) is 0 Å². The summed E-state index contributed by atoms with van der Waals surface area (Å²) >= 11 is 0. The Balaban J connectivity index is 4.37. The summed E-state index contributed by atoms with van der Waals surface area (Å²) in [5.74, 6) is -0.963. The van der Waals surface area contributed by atoms with Gasteiger partial charge in [0.25, 0.3) is 0 Å². The lowest BCUT2D eigenvalue weighted by Crippen LogP contribution is -2.30. The summed E-state index contributed by atoms with van der Waals surface area (Å²) < 4.78 is 16.8. The molecule has 1 atom stereocenters. The molecule has 0 aromatic rings. The number of allylic oxidation sites excluding steroid dienone is 24. The summed E-state index contributed by atoms with van der Waals surface area (Å²) in [4.78, 5) is 38.2. The predicted octanol–water partition coefficient (Wildman–Crippen LogP) is 20.8. The first-order valence-corrected chi connectivity index (χ1v) is 30.3. The standard InChI is InChI=1S/C69H110O6/c1-4-7-10-13-16-19-22-25-27-28-29-30-31-32-33-34-35-36-37-38-39-40-42-44-47-50-53-56-59-62-68(71)74-65-66(64-73-67(70)61-58-55-52-49-46-43-24-21-18-15-12-9-6-3)75-69(72)63-60-57-54-51-48-45-41-26-23-20-17-14-11-8-5-2/h7,9-10,12,16-21,25-27,29-30,32-33,35-36,38-39,41,43,46,66H,4-6,8,11,13-15,22-24,28,31,34,37,40,42,44-45,47-65H2,1-3H3/b10-7-,12-9-,19-16-,20-17-,21-18-,27-25-,30-29-,33-32-,36-35-,39-38-,41-26-,46-43-. The zero-order valence-electron chi connectivity index (χ0n) is 48.3. The molecule has 0 heterocycles. The lowest BCUT2D eigenvalue weighted by Gasteiger charge is -2.18. The highest BCUT2D eigenvalue weighted by molar-refractivity contribution is 5.71. The second-order valence-corrected chi connectivity index (χ2v) is 19.5. The molecule has 0 amide bonds. The normalized spacial score (nSPS) is 13.2. The van der Waals surface area contributed by atoms with Crippen LogP contribution < -0.4 is 0 Å². The number of rotatable bonds is 53. The van der Waals surface area contributed by atoms with E-state index < -0.39 is 6.10 Å². The molecule has 0 spiro atoms. The van der Waals surface area contributed by atoms with Gasteiger partial charge in [-0.05, 0) is 141 Å². The van der Waals surface area contributed by atoms with Crippen molar-refractivity contribution < 1.29 is 28.6 Å². The quantitative estimate of drug-likeness (QED) is 0.0261. The van der Waals surface area contributed by atoms with Crippen LogP contribution in [0, 0.1) is 0 Å². The van der Waals surface area contributed by atoms with Crippen LogP contribution in [0.5, 0.6) is 0 Å². The summed E-state index contributed by atoms with van der Waals surface area (Å²) in [5, 5.41) is 0. The fraction of sp³-hybridized carbons (Fsp3) is 0.609. The third-order valence-corrected chi connectivity index (χ3v) is 12.3. The van der Waals surface area contributed by atoms with E-state index in [1.165, 1.54) is 51.4 Å². The van der Waals surface area contributed by atoms with Crippen molar-refractivity contribution in [3.05, 3.63) is 146 Å². The smallest absolute Gasteiger partial charge is 0.306 e. The Morgan fingerprint density at radius 3 is 0.827 bits per heavy atom. The maximum absolute atomic E-state index is 12.9. The van der Waals surface area contributed by atoms with Gasteiger partial charge in [0.15, 0.2) is 6.10 Å². The first-order valence-electron chi connectivity index (χ1n) is 30.3. The van der Waals surface area contributed by atoms with E-state index in [1.54, 1.807) is 0 Å². The molecule has 0 saturated carbocycles. The lowest BCUT2D eigenvalue weighted by molar-refractivity contribution is -0.167. The van der Waals surface area contributed by atoms with Crippen LogP contribution in [0.15, 0.2) is 146 Å². The van der Waals surface area contributed by atoms with Gasteiger partial charge in [-0.25, -0.2) is 0 Å². The second-order valence-electron chi connectivity index (χ2n) is 19.5. The van der Waals surface area contributed by atoms with Crippen LogP contribution in [0.2, 0.25) is 0 Å². The SMILES string of the molecule is CC/C=C\C/C=C\C/C=C\C/C=C\C/C=C\C/C=C\C/C=C\CCCCCCCCCC(=O)OCC(COC(=O)CCCCC/C=C\C/C=C\C/C=C\CC)OC(=O)CCCCCCC/C=C\C/C=C\CCCCC. The number of hydrogen-bond donors (Lipinski definition) is 0. The minimum absolute atomic E-state index is 0.104. The van der Waals surface area contributed by atoms with Gasteiger partial charge >= 0.3 is 17.9 Å². The summed E-state index contributed by atoms with van der Waals surface area (Å²) in [7, 11) is 0. The maximum Gasteiger partial charge on any atom is 0.306 e. The highest BCUT2D eigenvalue weighted by atomic mass is 16.6. The van der Waals surface area contributed by atoms with E-state index in [2.05, 4.69) is 167 Å². The third-order valence-electron chi connectivity index (χ3n) is 12.3. The number of hydrogen-bond acceptors (Lipinski definition) is 6. The molecule has 0 aliphatic rings. The number of carbonyl (C=O) groups excluding carboxylic acids is 3. The summed E-state index contributed by atoms with van der Waals surface area (Å²) in [6, 6.07) is 0. The molecule has 0 N–H and O–H groups in total. The molecule has 6 heteroatoms. The van der Waals surface area contributed by atoms with Crippen molar-refractivity contribution in [2.24, 2.45) is 0 Å². The van der Waals surface area contributed by atoms with Gasteiger partial charge in [0.05, 0.1) is 0 Å². The van der Waals surface area contributed by atoms with E-state index >= 15 is 0 Å². The molecular weight excluding hydrogens is 925 g/mol. The number of esters is 3. The first-order chi connectivity index (χ1) is 37.0. The van der Waals surface area contributed by atoms with Crippen LogP contribution in [0.1, 0.15) is 252 Å². The van der Waals surface area contributed by atoms with Gasteiger partial charge in [0.2, 0.25) is 0 Å². The average Bonchev–Trinajstić information content (AvgIpc) is 3.41. The third kappa shape index (κ3) is 60.0. The van der Waals surface area contributed by atoms with E-state index in [-0.39, 0.29) is 31.1 Å². The van der Waals surface area contributed by atoms with Crippen molar-refractivity contribution in [1.29, 1.82) is 0 Å². The van der Waals surface area contributed by atoms with Crippen molar-refractivity contribution in [1.82, 2.24) is 0 Å². The van der Waals surface area contributed by atoms with Crippen molar-refractivity contribution >= 4 is 17.9 Å². The van der Waals surface area contributed by atoms with Gasteiger partial charge < -0.3 is 14.2 Å². The minimum Gasteiger partial charge on any atom is -0.462 e. The van der Waals surface area contributed by atoms with E-state index in [0.717, 1.165) is 161 Å². The predicted molar refractivity (Wildman–Crippen MR) is 325 cm³/mol. The van der Waals surface area contributed by atoms with E-state index in [9.17, 15) is 14.4 Å². The maximum atomic E-state index is 12.9. The van der Waals surface area contributed by atoms with Crippen molar-refractivity contribution in [3.8, 4) is 0 Å². The number of ether oxygens (including phenoxy) is 3. The van der Waals surface area contributed by atoms with Gasteiger partial charge in [-0.3, -0.25) is 14.4 Å². The van der Waals surface area contributed by atoms with Crippen molar-refractivity contribution in [2.45, 2.75) is 258 Å². The van der Waals surface area contributed by atoms with Gasteiger partial charge in [-0.15, -0.1) is 0 Å². The molecule has 0 saturated heterocycles. The van der Waals surface area contributed by atoms with Crippen LogP contribution in [-0.2, 0) is 28.6 Å². The zero-order valence-corrected chi connectivity index (χ0v) is 48.3. The average molecular weight is 1040 g/mol. The molecule has 0 bridgehead atoms. The van der Waals surface area contributed by atoms with Crippen LogP contribution in [0.3, 0.4) is 0 Å². The Morgan fingerprint density at radius 2 is 0.520 bits per heavy atom. The number of unbranched alkanes of at least 4 members (excludes halogenated alkanes) is 18. The molecule has 0 radical (unpaired) electrons. The molecule has 75 heavy (non-hydrogen) atoms. The molecule has 0 aromatic heterocycles. The molecule has 6 nitrogen and oxygen atoms in total. The first kappa shape index (κ1) is 70.3. The molecule has 0 aliphatic heterocycles. The van der Waals surface area contributed by atoms with Gasteiger partial charge in [0, 0.05) is 19.3 Å². The topological polar surface area (TPSA) is 78.9 Å². The second kappa shape index (κ2) is 61.8. The molecule has 0 aromatic carbocycles. The van der Waals surface area contributed by atoms with Crippen molar-refractivity contribution in [2.75, 3.05) is 13.2 Å². The van der Waals surface area contributed by atoms with Gasteiger partial charge in [-0.2, -0.15) is 0 Å². The fourth-order valence-electron chi connectivity index (χ4n) is 7.82. The summed E-state index contributed by atoms with van der Waals surface area (Å²) in [5.41, 5.74) is 0. The summed E-state index contributed by atoms with van der Waals surface area (Å²) in [6.07, 6.45) is 88.5. The van der Waals surface area contributed by atoms with E-state index in [0.29, 0.717) is 19.3 Å². The van der Waals surface area contributed by atoms with E-state index in [4.69, 9.17) is 14.2 Å². The monoisotopic (exact) mass is 1030 g/mol. The van der Waals surface area contributed by atoms with Crippen LogP contribution in [0.25, 0.3) is 0 Å². The van der Waals surface area contributed by atoms with Crippen LogP contribution in [0.4, 0.5) is 0 Å². The largest absolute Gasteiger partial charge is 0.462 e. The highest BCUT2D eigenvalue weighted by Crippen LogP contribution is 2.14. The van der Waals surface area contributed by atoms with Crippen LogP contribution in [-0.4, -0.2) is 37.2 Å². The zero-order chi connectivity index (χ0) is 54.3. The minimum atomic E-state index is -0.809. The van der Waals surface area contributed by atoms with Gasteiger partial charge in [0.1, 0.15) is 13.2 Å². The molecule has 422 valence electrons. The Bertz CT molecular complexity index is 1660. The molecular formula is C69H110O6. The summed E-state index contributed by atoms with van der Waals surface area (Å²) in [6.45, 7) is 6.33. The Kier molecular flexibility index (Phi) is 58.0. The van der Waals surface area contributed by atoms with Crippen LogP contribution >= 0.6 is 0 Å². The molecule has 0 aliphatic carbocycles. The van der Waals surface area contributed by atoms with Gasteiger partial charge in [-0.1, -0.05) is 237 Å². The molecule has 1 unspecified atom stereocenters. The fourth-order valence-corrected chi connectivity index (χ4v) is 7.82. The lowest BCUT2D eigenvalue weighted by atomic mass is 10.1. The Morgan fingerprint density at radius 1 is 0.280 bits per heavy atom. The number of carbonyl (C=O) groups is 3. The van der Waals surface area contributed by atoms with Crippen molar-refractivity contribution in [3.63, 3.8) is 0 Å². The molecule has 0 fully saturated rings.